The number of rotatable bonds is 5. The van der Waals surface area contributed by atoms with Crippen LogP contribution in [0.1, 0.15) is 41.9 Å². The molecule has 0 unspecified atom stereocenters. The monoisotopic (exact) mass is 401 g/mol. The summed E-state index contributed by atoms with van der Waals surface area (Å²) in [6.45, 7) is 4.98. The van der Waals surface area contributed by atoms with Gasteiger partial charge in [0.1, 0.15) is 0 Å². The van der Waals surface area contributed by atoms with Gasteiger partial charge in [0, 0.05) is 33.7 Å². The van der Waals surface area contributed by atoms with E-state index in [9.17, 15) is 4.79 Å². The molecule has 1 amide bonds. The first-order chi connectivity index (χ1) is 14.1. The van der Waals surface area contributed by atoms with Gasteiger partial charge in [0.25, 0.3) is 5.91 Å². The van der Waals surface area contributed by atoms with Gasteiger partial charge in [-0.25, -0.2) is 4.99 Å². The summed E-state index contributed by atoms with van der Waals surface area (Å²) in [4.78, 5) is 24.2. The van der Waals surface area contributed by atoms with E-state index in [0.717, 1.165) is 38.9 Å². The van der Waals surface area contributed by atoms with Crippen molar-refractivity contribution in [1.29, 1.82) is 0 Å². The van der Waals surface area contributed by atoms with Crippen LogP contribution in [0.15, 0.2) is 81.6 Å². The highest BCUT2D eigenvalue weighted by Crippen LogP contribution is 2.41. The molecule has 0 spiro atoms. The Balaban J connectivity index is 1.73. The molecule has 5 heteroatoms. The smallest absolute Gasteiger partial charge is 0.251 e. The fourth-order valence-electron chi connectivity index (χ4n) is 3.16. The lowest BCUT2D eigenvalue weighted by Crippen LogP contribution is -2.25. The van der Waals surface area contributed by atoms with Crippen LogP contribution in [0.4, 0.5) is 5.69 Å². The zero-order valence-corrected chi connectivity index (χ0v) is 17.4. The van der Waals surface area contributed by atoms with E-state index >= 15 is 0 Å². The highest BCUT2D eigenvalue weighted by molar-refractivity contribution is 7.99. The van der Waals surface area contributed by atoms with Crippen molar-refractivity contribution in [1.82, 2.24) is 10.3 Å². The van der Waals surface area contributed by atoms with Crippen LogP contribution in [0.3, 0.4) is 0 Å². The number of hydrogen-bond donors (Lipinski definition) is 1. The average molecular weight is 402 g/mol. The van der Waals surface area contributed by atoms with Crippen LogP contribution in [-0.4, -0.2) is 23.1 Å². The molecule has 2 aromatic carbocycles. The second-order valence-corrected chi connectivity index (χ2v) is 8.48. The molecule has 1 aromatic heterocycles. The minimum Gasteiger partial charge on any atom is -0.352 e. The molecule has 1 aliphatic rings. The highest BCUT2D eigenvalue weighted by Gasteiger charge is 2.20. The standard InChI is InChI=1S/C24H23N3OS/c1-16(2)12-14-26-24(28)17-10-11-22-20(15-17)27-23(19-8-5-6-13-25-19)18-7-3-4-9-21(18)29-22/h3-11,13,15-16H,12,14H2,1-2H3,(H,26,28). The number of nitrogens with zero attached hydrogens (tertiary/aromatic N) is 2. The third-order valence-corrected chi connectivity index (χ3v) is 5.87. The number of carbonyl (C=O) groups is 1. The van der Waals surface area contributed by atoms with Gasteiger partial charge < -0.3 is 5.32 Å². The molecular weight excluding hydrogens is 378 g/mol. The predicted molar refractivity (Wildman–Crippen MR) is 118 cm³/mol. The van der Waals surface area contributed by atoms with Crippen LogP contribution in [0.2, 0.25) is 0 Å². The maximum atomic E-state index is 12.6. The van der Waals surface area contributed by atoms with E-state index in [1.807, 2.05) is 48.5 Å². The molecule has 0 atom stereocenters. The number of aromatic nitrogens is 1. The third-order valence-electron chi connectivity index (χ3n) is 4.73. The highest BCUT2D eigenvalue weighted by atomic mass is 32.2. The zero-order valence-electron chi connectivity index (χ0n) is 16.6. The molecule has 0 saturated heterocycles. The summed E-state index contributed by atoms with van der Waals surface area (Å²) in [5.41, 5.74) is 4.12. The van der Waals surface area contributed by atoms with E-state index in [-0.39, 0.29) is 5.91 Å². The van der Waals surface area contributed by atoms with Crippen molar-refractivity contribution in [2.24, 2.45) is 10.9 Å². The number of aliphatic imine (C=N–C) groups is 1. The second-order valence-electron chi connectivity index (χ2n) is 7.39. The summed E-state index contributed by atoms with van der Waals surface area (Å²) in [7, 11) is 0. The molecular formula is C24H23N3OS. The third kappa shape index (κ3) is 4.40. The lowest BCUT2D eigenvalue weighted by atomic mass is 10.1. The number of amides is 1. The van der Waals surface area contributed by atoms with Crippen molar-refractivity contribution < 1.29 is 4.79 Å². The first-order valence-electron chi connectivity index (χ1n) is 9.81. The minimum atomic E-state index is -0.0604. The first-order valence-corrected chi connectivity index (χ1v) is 10.6. The molecule has 0 radical (unpaired) electrons. The lowest BCUT2D eigenvalue weighted by Gasteiger charge is -2.09. The van der Waals surface area contributed by atoms with Gasteiger partial charge >= 0.3 is 0 Å². The van der Waals surface area contributed by atoms with E-state index < -0.39 is 0 Å². The Morgan fingerprint density at radius 2 is 1.86 bits per heavy atom. The Labute approximate surface area is 175 Å². The number of pyridine rings is 1. The van der Waals surface area contributed by atoms with Crippen molar-refractivity contribution in [3.63, 3.8) is 0 Å². The molecule has 0 bridgehead atoms. The van der Waals surface area contributed by atoms with Crippen molar-refractivity contribution in [3.8, 4) is 0 Å². The maximum absolute atomic E-state index is 12.6. The fraction of sp³-hybridized carbons (Fsp3) is 0.208. The molecule has 1 N–H and O–H groups in total. The van der Waals surface area contributed by atoms with Crippen LogP contribution in [0.25, 0.3) is 0 Å². The molecule has 0 saturated carbocycles. The summed E-state index contributed by atoms with van der Waals surface area (Å²) in [5, 5.41) is 3.01. The summed E-state index contributed by atoms with van der Waals surface area (Å²) >= 11 is 1.67. The van der Waals surface area contributed by atoms with Gasteiger partial charge in [-0.2, -0.15) is 0 Å². The largest absolute Gasteiger partial charge is 0.352 e. The molecule has 146 valence electrons. The quantitative estimate of drug-likeness (QED) is 0.481. The summed E-state index contributed by atoms with van der Waals surface area (Å²) in [5.74, 6) is 0.498. The van der Waals surface area contributed by atoms with E-state index in [1.165, 1.54) is 0 Å². The number of benzene rings is 2. The lowest BCUT2D eigenvalue weighted by molar-refractivity contribution is 0.0952. The molecule has 0 fully saturated rings. The molecule has 4 rings (SSSR count). The molecule has 4 nitrogen and oxygen atoms in total. The fourth-order valence-corrected chi connectivity index (χ4v) is 4.16. The molecule has 0 aliphatic carbocycles. The summed E-state index contributed by atoms with van der Waals surface area (Å²) < 4.78 is 0. The van der Waals surface area contributed by atoms with E-state index in [1.54, 1.807) is 18.0 Å². The SMILES string of the molecule is CC(C)CCNC(=O)c1ccc2c(c1)N=C(c1ccccn1)c1ccccc1S2. The van der Waals surface area contributed by atoms with E-state index in [2.05, 4.69) is 36.3 Å². The van der Waals surface area contributed by atoms with Gasteiger partial charge in [-0.15, -0.1) is 0 Å². The minimum absolute atomic E-state index is 0.0604. The Bertz CT molecular complexity index is 1060. The Morgan fingerprint density at radius 1 is 1.03 bits per heavy atom. The second kappa shape index (κ2) is 8.62. The van der Waals surface area contributed by atoms with Crippen molar-refractivity contribution in [2.45, 2.75) is 30.1 Å². The van der Waals surface area contributed by atoms with Crippen molar-refractivity contribution in [2.75, 3.05) is 6.54 Å². The van der Waals surface area contributed by atoms with Crippen LogP contribution < -0.4 is 5.32 Å². The number of fused-ring (bicyclic) bond motifs is 2. The number of nitrogens with one attached hydrogen (secondary N) is 1. The molecule has 3 aromatic rings. The van der Waals surface area contributed by atoms with Gasteiger partial charge in [0.15, 0.2) is 0 Å². The summed E-state index contributed by atoms with van der Waals surface area (Å²) in [6.07, 6.45) is 2.74. The molecule has 1 aliphatic heterocycles. The summed E-state index contributed by atoms with van der Waals surface area (Å²) in [6, 6.07) is 19.8. The number of carbonyl (C=O) groups excluding carboxylic acids is 1. The Kier molecular flexibility index (Phi) is 5.76. The predicted octanol–water partition coefficient (Wildman–Crippen LogP) is 5.49. The number of hydrogen-bond acceptors (Lipinski definition) is 4. The normalized spacial score (nSPS) is 12.6. The molecule has 2 heterocycles. The average Bonchev–Trinajstić information content (AvgIpc) is 2.90. The Morgan fingerprint density at radius 3 is 2.66 bits per heavy atom. The van der Waals surface area contributed by atoms with E-state index in [4.69, 9.17) is 4.99 Å². The Hall–Kier alpha value is -2.92. The van der Waals surface area contributed by atoms with Crippen LogP contribution in [0, 0.1) is 5.92 Å². The van der Waals surface area contributed by atoms with Gasteiger partial charge in [-0.05, 0) is 48.7 Å². The van der Waals surface area contributed by atoms with E-state index in [0.29, 0.717) is 18.0 Å². The van der Waals surface area contributed by atoms with Crippen molar-refractivity contribution in [3.05, 3.63) is 83.7 Å². The zero-order chi connectivity index (χ0) is 20.2. The topological polar surface area (TPSA) is 54.4 Å². The first kappa shape index (κ1) is 19.4. The van der Waals surface area contributed by atoms with Gasteiger partial charge in [0.05, 0.1) is 17.1 Å². The van der Waals surface area contributed by atoms with Crippen LogP contribution >= 0.6 is 11.8 Å². The van der Waals surface area contributed by atoms with Gasteiger partial charge in [-0.1, -0.05) is 49.9 Å². The van der Waals surface area contributed by atoms with Gasteiger partial charge in [-0.3, -0.25) is 9.78 Å². The van der Waals surface area contributed by atoms with Gasteiger partial charge in [0.2, 0.25) is 0 Å². The maximum Gasteiger partial charge on any atom is 0.251 e. The van der Waals surface area contributed by atoms with Crippen molar-refractivity contribution >= 4 is 29.1 Å². The molecule has 29 heavy (non-hydrogen) atoms. The van der Waals surface area contributed by atoms with Crippen LogP contribution in [0.5, 0.6) is 0 Å². The van der Waals surface area contributed by atoms with Crippen LogP contribution in [-0.2, 0) is 0 Å².